The van der Waals surface area contributed by atoms with E-state index >= 15 is 0 Å². The monoisotopic (exact) mass is 221 g/mol. The van der Waals surface area contributed by atoms with Crippen molar-refractivity contribution in [3.8, 4) is 5.75 Å². The maximum Gasteiger partial charge on any atom is 0.118 e. The lowest BCUT2D eigenvalue weighted by Crippen LogP contribution is -2.33. The van der Waals surface area contributed by atoms with Crippen molar-refractivity contribution in [2.24, 2.45) is 11.7 Å². The third-order valence-corrected chi connectivity index (χ3v) is 2.99. The number of hydrogen-bond donors (Lipinski definition) is 1. The van der Waals surface area contributed by atoms with Gasteiger partial charge in [-0.05, 0) is 43.4 Å². The molecule has 1 aromatic carbocycles. The van der Waals surface area contributed by atoms with E-state index in [1.165, 1.54) is 5.56 Å². The minimum absolute atomic E-state index is 0.240. The van der Waals surface area contributed by atoms with E-state index in [0.717, 1.165) is 18.6 Å². The van der Waals surface area contributed by atoms with Crippen molar-refractivity contribution < 1.29 is 4.74 Å². The average Bonchev–Trinajstić information content (AvgIpc) is 2.27. The summed E-state index contributed by atoms with van der Waals surface area (Å²) in [6, 6.07) is 8.05. The summed E-state index contributed by atoms with van der Waals surface area (Å²) in [4.78, 5) is 0. The van der Waals surface area contributed by atoms with Gasteiger partial charge in [-0.1, -0.05) is 26.0 Å². The molecule has 2 N–H and O–H groups in total. The molecule has 1 atom stereocenters. The summed E-state index contributed by atoms with van der Waals surface area (Å²) in [7, 11) is 1.68. The van der Waals surface area contributed by atoms with Crippen LogP contribution in [0, 0.1) is 5.92 Å². The lowest BCUT2D eigenvalue weighted by Gasteiger charge is -2.26. The molecule has 0 heterocycles. The van der Waals surface area contributed by atoms with Crippen molar-refractivity contribution in [3.63, 3.8) is 0 Å². The lowest BCUT2D eigenvalue weighted by molar-refractivity contribution is 0.393. The highest BCUT2D eigenvalue weighted by molar-refractivity contribution is 5.31. The zero-order valence-corrected chi connectivity index (χ0v) is 10.8. The second-order valence-corrected chi connectivity index (χ2v) is 5.08. The molecule has 90 valence electrons. The van der Waals surface area contributed by atoms with Crippen molar-refractivity contribution in [2.75, 3.05) is 7.11 Å². The van der Waals surface area contributed by atoms with E-state index in [-0.39, 0.29) is 5.54 Å². The molecule has 16 heavy (non-hydrogen) atoms. The molecule has 1 rings (SSSR count). The number of ether oxygens (including phenoxy) is 1. The number of nitrogens with two attached hydrogens (primary N) is 1. The molecule has 2 heteroatoms. The first kappa shape index (κ1) is 13.0. The van der Waals surface area contributed by atoms with E-state index in [1.54, 1.807) is 7.11 Å². The van der Waals surface area contributed by atoms with Crippen molar-refractivity contribution in [1.29, 1.82) is 0 Å². The molecule has 0 radical (unpaired) electrons. The third-order valence-electron chi connectivity index (χ3n) is 2.99. The van der Waals surface area contributed by atoms with E-state index in [9.17, 15) is 0 Å². The van der Waals surface area contributed by atoms with Gasteiger partial charge in [0.25, 0.3) is 0 Å². The van der Waals surface area contributed by atoms with Gasteiger partial charge in [0.15, 0.2) is 0 Å². The largest absolute Gasteiger partial charge is 0.497 e. The van der Waals surface area contributed by atoms with Gasteiger partial charge in [-0.15, -0.1) is 0 Å². The lowest BCUT2D eigenvalue weighted by atomic mass is 9.86. The zero-order chi connectivity index (χ0) is 12.2. The molecular weight excluding hydrogens is 198 g/mol. The summed E-state index contributed by atoms with van der Waals surface area (Å²) < 4.78 is 5.14. The van der Waals surface area contributed by atoms with Crippen molar-refractivity contribution >= 4 is 0 Å². The second-order valence-electron chi connectivity index (χ2n) is 5.08. The van der Waals surface area contributed by atoms with Gasteiger partial charge in [0.2, 0.25) is 0 Å². The minimum atomic E-state index is -0.240. The van der Waals surface area contributed by atoms with Crippen LogP contribution in [0.2, 0.25) is 0 Å². The number of methoxy groups -OCH3 is 1. The Labute approximate surface area is 98.8 Å². The summed E-state index contributed by atoms with van der Waals surface area (Å²) in [6.45, 7) is 6.55. The second kappa shape index (κ2) is 5.35. The van der Waals surface area contributed by atoms with Gasteiger partial charge in [-0.25, -0.2) is 0 Å². The summed E-state index contributed by atoms with van der Waals surface area (Å²) in [5.74, 6) is 1.57. The van der Waals surface area contributed by atoms with Crippen LogP contribution in [0.3, 0.4) is 0 Å². The predicted molar refractivity (Wildman–Crippen MR) is 68.6 cm³/mol. The SMILES string of the molecule is COc1ccc(C(C)(N)CCC(C)C)cc1. The van der Waals surface area contributed by atoms with Gasteiger partial charge in [0, 0.05) is 5.54 Å². The Morgan fingerprint density at radius 3 is 2.25 bits per heavy atom. The smallest absolute Gasteiger partial charge is 0.118 e. The molecule has 0 bridgehead atoms. The van der Waals surface area contributed by atoms with Crippen LogP contribution in [0.15, 0.2) is 24.3 Å². The highest BCUT2D eigenvalue weighted by Crippen LogP contribution is 2.26. The Balaban J connectivity index is 2.72. The zero-order valence-electron chi connectivity index (χ0n) is 10.8. The predicted octanol–water partition coefficient (Wildman–Crippen LogP) is 3.31. The molecule has 1 aromatic rings. The average molecular weight is 221 g/mol. The quantitative estimate of drug-likeness (QED) is 0.828. The van der Waals surface area contributed by atoms with E-state index in [2.05, 4.69) is 32.9 Å². The Bertz CT molecular complexity index is 314. The molecule has 1 unspecified atom stereocenters. The van der Waals surface area contributed by atoms with E-state index in [0.29, 0.717) is 5.92 Å². The van der Waals surface area contributed by atoms with Gasteiger partial charge in [-0.2, -0.15) is 0 Å². The summed E-state index contributed by atoms with van der Waals surface area (Å²) >= 11 is 0. The Morgan fingerprint density at radius 1 is 1.25 bits per heavy atom. The summed E-state index contributed by atoms with van der Waals surface area (Å²) in [6.07, 6.45) is 2.16. The van der Waals surface area contributed by atoms with Crippen molar-refractivity contribution in [2.45, 2.75) is 39.2 Å². The highest BCUT2D eigenvalue weighted by atomic mass is 16.5. The molecule has 0 spiro atoms. The fourth-order valence-corrected chi connectivity index (χ4v) is 1.70. The molecular formula is C14H23NO. The number of benzene rings is 1. The van der Waals surface area contributed by atoms with E-state index in [1.807, 2.05) is 12.1 Å². The molecule has 0 saturated carbocycles. The van der Waals surface area contributed by atoms with Gasteiger partial charge in [-0.3, -0.25) is 0 Å². The van der Waals surface area contributed by atoms with Crippen LogP contribution in [0.1, 0.15) is 39.2 Å². The van der Waals surface area contributed by atoms with Gasteiger partial charge in [0.1, 0.15) is 5.75 Å². The van der Waals surface area contributed by atoms with Crippen LogP contribution in [0.25, 0.3) is 0 Å². The molecule has 0 aliphatic heterocycles. The van der Waals surface area contributed by atoms with Gasteiger partial charge in [0.05, 0.1) is 7.11 Å². The molecule has 0 saturated heterocycles. The first-order valence-electron chi connectivity index (χ1n) is 5.89. The van der Waals surface area contributed by atoms with Crippen LogP contribution in [-0.4, -0.2) is 7.11 Å². The van der Waals surface area contributed by atoms with Crippen LogP contribution in [0.4, 0.5) is 0 Å². The van der Waals surface area contributed by atoms with Crippen molar-refractivity contribution in [3.05, 3.63) is 29.8 Å². The Kier molecular flexibility index (Phi) is 4.36. The van der Waals surface area contributed by atoms with Gasteiger partial charge < -0.3 is 10.5 Å². The van der Waals surface area contributed by atoms with Gasteiger partial charge >= 0.3 is 0 Å². The third kappa shape index (κ3) is 3.53. The fraction of sp³-hybridized carbons (Fsp3) is 0.571. The minimum Gasteiger partial charge on any atom is -0.497 e. The van der Waals surface area contributed by atoms with Crippen LogP contribution >= 0.6 is 0 Å². The number of hydrogen-bond acceptors (Lipinski definition) is 2. The first-order valence-corrected chi connectivity index (χ1v) is 5.89. The fourth-order valence-electron chi connectivity index (χ4n) is 1.70. The Morgan fingerprint density at radius 2 is 1.81 bits per heavy atom. The maximum absolute atomic E-state index is 6.34. The molecule has 0 aromatic heterocycles. The molecule has 0 aliphatic carbocycles. The van der Waals surface area contributed by atoms with Crippen molar-refractivity contribution in [1.82, 2.24) is 0 Å². The summed E-state index contributed by atoms with van der Waals surface area (Å²) in [5.41, 5.74) is 7.27. The topological polar surface area (TPSA) is 35.2 Å². The van der Waals surface area contributed by atoms with E-state index < -0.39 is 0 Å². The van der Waals surface area contributed by atoms with Crippen LogP contribution < -0.4 is 10.5 Å². The van der Waals surface area contributed by atoms with Crippen LogP contribution in [-0.2, 0) is 5.54 Å². The summed E-state index contributed by atoms with van der Waals surface area (Å²) in [5, 5.41) is 0. The molecule has 0 aliphatic rings. The first-order chi connectivity index (χ1) is 7.45. The number of rotatable bonds is 5. The molecule has 2 nitrogen and oxygen atoms in total. The normalized spacial score (nSPS) is 14.9. The standard InChI is InChI=1S/C14H23NO/c1-11(2)9-10-14(3,15)12-5-7-13(16-4)8-6-12/h5-8,11H,9-10,15H2,1-4H3. The van der Waals surface area contributed by atoms with E-state index in [4.69, 9.17) is 10.5 Å². The molecule has 0 amide bonds. The maximum atomic E-state index is 6.34. The van der Waals surface area contributed by atoms with Crippen LogP contribution in [0.5, 0.6) is 5.75 Å². The highest BCUT2D eigenvalue weighted by Gasteiger charge is 2.20. The molecule has 0 fully saturated rings. The Hall–Kier alpha value is -1.02.